The van der Waals surface area contributed by atoms with Crippen molar-refractivity contribution in [2.75, 3.05) is 34.3 Å². The Balaban J connectivity index is 1.48. The van der Waals surface area contributed by atoms with Gasteiger partial charge in [0.25, 0.3) is 10.0 Å². The van der Waals surface area contributed by atoms with E-state index in [1.807, 2.05) is 30.3 Å². The quantitative estimate of drug-likeness (QED) is 0.299. The third-order valence-electron chi connectivity index (χ3n) is 5.59. The maximum atomic E-state index is 13.0. The van der Waals surface area contributed by atoms with Crippen LogP contribution in [-0.4, -0.2) is 42.7 Å². The Bertz CT molecular complexity index is 1700. The zero-order chi connectivity index (χ0) is 27.5. The Kier molecular flexibility index (Phi) is 7.81. The molecule has 0 aliphatic carbocycles. The first kappa shape index (κ1) is 27.2. The topological polar surface area (TPSA) is 122 Å². The van der Waals surface area contributed by atoms with E-state index in [4.69, 9.17) is 16.3 Å². The van der Waals surface area contributed by atoms with E-state index in [0.717, 1.165) is 21.3 Å². The van der Waals surface area contributed by atoms with Crippen molar-refractivity contribution in [2.24, 2.45) is 0 Å². The molecule has 0 atom stereocenters. The minimum absolute atomic E-state index is 0.00549. The Morgan fingerprint density at radius 2 is 1.61 bits per heavy atom. The highest BCUT2D eigenvalue weighted by molar-refractivity contribution is 7.92. The van der Waals surface area contributed by atoms with Gasteiger partial charge < -0.3 is 10.1 Å². The van der Waals surface area contributed by atoms with E-state index in [1.54, 1.807) is 12.1 Å². The minimum atomic E-state index is -3.91. The molecule has 0 aromatic heterocycles. The van der Waals surface area contributed by atoms with E-state index in [2.05, 4.69) is 10.0 Å². The highest BCUT2D eigenvalue weighted by Gasteiger charge is 2.22. The summed E-state index contributed by atoms with van der Waals surface area (Å²) in [7, 11) is -6.31. The van der Waals surface area contributed by atoms with Crippen molar-refractivity contribution in [1.29, 1.82) is 0 Å². The van der Waals surface area contributed by atoms with E-state index in [9.17, 15) is 21.6 Å². The molecule has 0 unspecified atom stereocenters. The van der Waals surface area contributed by atoms with Crippen LogP contribution in [0.3, 0.4) is 0 Å². The van der Waals surface area contributed by atoms with Crippen LogP contribution < -0.4 is 19.1 Å². The molecule has 0 aliphatic heterocycles. The first-order chi connectivity index (χ1) is 18.0. The number of methoxy groups -OCH3 is 1. The van der Waals surface area contributed by atoms with Gasteiger partial charge in [0.15, 0.2) is 0 Å². The number of sulfonamides is 2. The maximum absolute atomic E-state index is 13.0. The molecule has 38 heavy (non-hydrogen) atoms. The van der Waals surface area contributed by atoms with Gasteiger partial charge in [-0.2, -0.15) is 0 Å². The molecule has 0 fully saturated rings. The standard InChI is InChI=1S/C26H24ClN3O6S2/c1-36-25-15-12-20(16-23(25)27)30(37(2,32)33)17-26(31)28-19-10-13-21(14-11-19)38(34,35)29-24-9-5-7-18-6-3-4-8-22(18)24/h3-16,29H,17H2,1-2H3,(H,28,31). The van der Waals surface area contributed by atoms with E-state index in [0.29, 0.717) is 17.1 Å². The number of halogens is 1. The maximum Gasteiger partial charge on any atom is 0.261 e. The summed E-state index contributed by atoms with van der Waals surface area (Å²) in [5, 5.41) is 4.43. The van der Waals surface area contributed by atoms with Gasteiger partial charge in [-0.05, 0) is 53.9 Å². The van der Waals surface area contributed by atoms with Crippen LogP contribution in [-0.2, 0) is 24.8 Å². The number of nitrogens with zero attached hydrogens (tertiary/aromatic N) is 1. The molecule has 4 rings (SSSR count). The van der Waals surface area contributed by atoms with Crippen LogP contribution in [0.15, 0.2) is 89.8 Å². The second-order valence-corrected chi connectivity index (χ2v) is 12.3. The van der Waals surface area contributed by atoms with Gasteiger partial charge in [0.2, 0.25) is 15.9 Å². The molecule has 0 saturated carbocycles. The number of amides is 1. The van der Waals surface area contributed by atoms with Crippen molar-refractivity contribution < 1.29 is 26.4 Å². The number of rotatable bonds is 9. The zero-order valence-electron chi connectivity index (χ0n) is 20.4. The van der Waals surface area contributed by atoms with Crippen LogP contribution in [0.25, 0.3) is 10.8 Å². The number of hydrogen-bond acceptors (Lipinski definition) is 6. The lowest BCUT2D eigenvalue weighted by molar-refractivity contribution is -0.114. The van der Waals surface area contributed by atoms with E-state index >= 15 is 0 Å². The lowest BCUT2D eigenvalue weighted by Gasteiger charge is -2.22. The molecule has 4 aromatic carbocycles. The highest BCUT2D eigenvalue weighted by Crippen LogP contribution is 2.30. The summed E-state index contributed by atoms with van der Waals surface area (Å²) in [5.41, 5.74) is 0.926. The number of carbonyl (C=O) groups excluding carboxylic acids is 1. The van der Waals surface area contributed by atoms with Crippen molar-refractivity contribution in [1.82, 2.24) is 0 Å². The minimum Gasteiger partial charge on any atom is -0.495 e. The summed E-state index contributed by atoms with van der Waals surface area (Å²) < 4.78 is 59.3. The van der Waals surface area contributed by atoms with Crippen LogP contribution in [0, 0.1) is 0 Å². The van der Waals surface area contributed by atoms with E-state index in [-0.39, 0.29) is 15.6 Å². The first-order valence-electron chi connectivity index (χ1n) is 11.2. The predicted octanol–water partition coefficient (Wildman–Crippen LogP) is 4.71. The van der Waals surface area contributed by atoms with Gasteiger partial charge in [0, 0.05) is 11.1 Å². The highest BCUT2D eigenvalue weighted by atomic mass is 35.5. The fourth-order valence-electron chi connectivity index (χ4n) is 3.78. The Hall–Kier alpha value is -3.80. The molecule has 4 aromatic rings. The Morgan fingerprint density at radius 1 is 0.921 bits per heavy atom. The van der Waals surface area contributed by atoms with Crippen molar-refractivity contribution in [3.8, 4) is 5.75 Å². The van der Waals surface area contributed by atoms with Gasteiger partial charge in [-0.15, -0.1) is 0 Å². The van der Waals surface area contributed by atoms with Gasteiger partial charge in [-0.3, -0.25) is 13.8 Å². The number of fused-ring (bicyclic) bond motifs is 1. The zero-order valence-corrected chi connectivity index (χ0v) is 22.8. The number of hydrogen-bond donors (Lipinski definition) is 2. The lowest BCUT2D eigenvalue weighted by atomic mass is 10.1. The molecule has 0 spiro atoms. The lowest BCUT2D eigenvalue weighted by Crippen LogP contribution is -2.37. The molecular formula is C26H24ClN3O6S2. The molecular weight excluding hydrogens is 550 g/mol. The number of benzene rings is 4. The summed E-state index contributed by atoms with van der Waals surface area (Å²) >= 11 is 6.12. The SMILES string of the molecule is COc1ccc(N(CC(=O)Nc2ccc(S(=O)(=O)Nc3cccc4ccccc34)cc2)S(C)(=O)=O)cc1Cl. The third-order valence-corrected chi connectivity index (χ3v) is 8.41. The van der Waals surface area contributed by atoms with Crippen LogP contribution >= 0.6 is 11.6 Å². The first-order valence-corrected chi connectivity index (χ1v) is 14.9. The fraction of sp³-hybridized carbons (Fsp3) is 0.115. The third kappa shape index (κ3) is 6.18. The summed E-state index contributed by atoms with van der Waals surface area (Å²) in [4.78, 5) is 12.7. The number of nitrogens with one attached hydrogen (secondary N) is 2. The molecule has 12 heteroatoms. The summed E-state index contributed by atoms with van der Waals surface area (Å²) in [6.07, 6.45) is 0.973. The second kappa shape index (κ2) is 10.9. The normalized spacial score (nSPS) is 11.7. The molecule has 198 valence electrons. The molecule has 0 saturated heterocycles. The number of ether oxygens (including phenoxy) is 1. The Labute approximate surface area is 226 Å². The van der Waals surface area contributed by atoms with Gasteiger partial charge in [0.1, 0.15) is 12.3 Å². The number of anilines is 3. The Morgan fingerprint density at radius 3 is 2.26 bits per heavy atom. The molecule has 0 radical (unpaired) electrons. The van der Waals surface area contributed by atoms with E-state index < -0.39 is 32.5 Å². The van der Waals surface area contributed by atoms with Gasteiger partial charge >= 0.3 is 0 Å². The largest absolute Gasteiger partial charge is 0.495 e. The molecule has 2 N–H and O–H groups in total. The van der Waals surface area contributed by atoms with E-state index in [1.165, 1.54) is 49.6 Å². The fourth-order valence-corrected chi connectivity index (χ4v) is 5.96. The van der Waals surface area contributed by atoms with Crippen LogP contribution in [0.5, 0.6) is 5.75 Å². The van der Waals surface area contributed by atoms with Crippen LogP contribution in [0.2, 0.25) is 5.02 Å². The molecule has 0 heterocycles. The summed E-state index contributed by atoms with van der Waals surface area (Å²) in [6, 6.07) is 22.6. The van der Waals surface area contributed by atoms with Gasteiger partial charge in [-0.25, -0.2) is 16.8 Å². The number of carbonyl (C=O) groups is 1. The van der Waals surface area contributed by atoms with Crippen LogP contribution in [0.1, 0.15) is 0 Å². The second-order valence-electron chi connectivity index (χ2n) is 8.29. The monoisotopic (exact) mass is 573 g/mol. The average Bonchev–Trinajstić information content (AvgIpc) is 2.87. The average molecular weight is 574 g/mol. The van der Waals surface area contributed by atoms with Crippen molar-refractivity contribution in [2.45, 2.75) is 4.90 Å². The predicted molar refractivity (Wildman–Crippen MR) is 150 cm³/mol. The van der Waals surface area contributed by atoms with Crippen molar-refractivity contribution in [3.63, 3.8) is 0 Å². The van der Waals surface area contributed by atoms with Crippen molar-refractivity contribution in [3.05, 3.63) is 90.0 Å². The molecule has 1 amide bonds. The van der Waals surface area contributed by atoms with Crippen molar-refractivity contribution >= 4 is 65.4 Å². The summed E-state index contributed by atoms with van der Waals surface area (Å²) in [6.45, 7) is -0.524. The van der Waals surface area contributed by atoms with Gasteiger partial charge in [-0.1, -0.05) is 48.0 Å². The molecule has 0 bridgehead atoms. The van der Waals surface area contributed by atoms with Crippen LogP contribution in [0.4, 0.5) is 17.1 Å². The smallest absolute Gasteiger partial charge is 0.261 e. The van der Waals surface area contributed by atoms with Gasteiger partial charge in [0.05, 0.1) is 34.7 Å². The molecule has 9 nitrogen and oxygen atoms in total. The molecule has 0 aliphatic rings. The summed E-state index contributed by atoms with van der Waals surface area (Å²) in [5.74, 6) is -0.273.